The van der Waals surface area contributed by atoms with Crippen LogP contribution in [-0.4, -0.2) is 24.5 Å². The maximum Gasteiger partial charge on any atom is 0.124 e. The van der Waals surface area contributed by atoms with Crippen molar-refractivity contribution in [2.24, 2.45) is 11.7 Å². The maximum absolute atomic E-state index is 13.1. The summed E-state index contributed by atoms with van der Waals surface area (Å²) in [5, 5.41) is 0. The van der Waals surface area contributed by atoms with Gasteiger partial charge in [-0.1, -0.05) is 35.8 Å². The average Bonchev–Trinajstić information content (AvgIpc) is 2.34. The van der Waals surface area contributed by atoms with Gasteiger partial charge in [0.25, 0.3) is 0 Å². The molecule has 0 aliphatic carbocycles. The third-order valence-corrected chi connectivity index (χ3v) is 4.43. The molecule has 0 spiro atoms. The van der Waals surface area contributed by atoms with E-state index in [-0.39, 0.29) is 17.9 Å². The fourth-order valence-corrected chi connectivity index (χ4v) is 2.64. The highest BCUT2D eigenvalue weighted by Crippen LogP contribution is 2.27. The van der Waals surface area contributed by atoms with E-state index in [4.69, 9.17) is 5.73 Å². The zero-order valence-electron chi connectivity index (χ0n) is 12.2. The van der Waals surface area contributed by atoms with Gasteiger partial charge in [-0.05, 0) is 50.6 Å². The Morgan fingerprint density at radius 1 is 1.32 bits per heavy atom. The van der Waals surface area contributed by atoms with E-state index in [0.717, 1.165) is 23.0 Å². The van der Waals surface area contributed by atoms with E-state index < -0.39 is 0 Å². The summed E-state index contributed by atoms with van der Waals surface area (Å²) in [6, 6.07) is 5.31. The SMILES string of the molecule is CC(C)C(N)CCN(C)C(C)c1ccc(F)cc1Br. The summed E-state index contributed by atoms with van der Waals surface area (Å²) in [4.78, 5) is 2.25. The predicted molar refractivity (Wildman–Crippen MR) is 82.6 cm³/mol. The van der Waals surface area contributed by atoms with Gasteiger partial charge < -0.3 is 5.73 Å². The Labute approximate surface area is 124 Å². The molecular weight excluding hydrogens is 307 g/mol. The van der Waals surface area contributed by atoms with E-state index in [1.54, 1.807) is 0 Å². The molecule has 1 aromatic rings. The van der Waals surface area contributed by atoms with Gasteiger partial charge >= 0.3 is 0 Å². The molecule has 0 aliphatic rings. The van der Waals surface area contributed by atoms with Gasteiger partial charge in [0.2, 0.25) is 0 Å². The first kappa shape index (κ1) is 16.6. The number of hydrogen-bond acceptors (Lipinski definition) is 2. The predicted octanol–water partition coefficient (Wildman–Crippen LogP) is 3.95. The lowest BCUT2D eigenvalue weighted by atomic mass is 10.0. The summed E-state index contributed by atoms with van der Waals surface area (Å²) < 4.78 is 13.9. The van der Waals surface area contributed by atoms with Gasteiger partial charge in [0.1, 0.15) is 5.82 Å². The monoisotopic (exact) mass is 330 g/mol. The Balaban J connectivity index is 2.63. The second-order valence-electron chi connectivity index (χ2n) is 5.52. The second kappa shape index (κ2) is 7.36. The first-order valence-electron chi connectivity index (χ1n) is 6.73. The average molecular weight is 331 g/mol. The summed E-state index contributed by atoms with van der Waals surface area (Å²) in [6.45, 7) is 7.35. The van der Waals surface area contributed by atoms with Gasteiger partial charge in [0.15, 0.2) is 0 Å². The first-order valence-corrected chi connectivity index (χ1v) is 7.53. The quantitative estimate of drug-likeness (QED) is 0.855. The Morgan fingerprint density at radius 2 is 1.95 bits per heavy atom. The van der Waals surface area contributed by atoms with E-state index in [2.05, 4.69) is 48.6 Å². The summed E-state index contributed by atoms with van der Waals surface area (Å²) in [5.41, 5.74) is 7.17. The van der Waals surface area contributed by atoms with Crippen molar-refractivity contribution < 1.29 is 4.39 Å². The van der Waals surface area contributed by atoms with Crippen molar-refractivity contribution in [2.45, 2.75) is 39.3 Å². The molecule has 1 aromatic carbocycles. The normalized spacial score (nSPS) is 15.0. The lowest BCUT2D eigenvalue weighted by Crippen LogP contribution is -2.33. The van der Waals surface area contributed by atoms with Gasteiger partial charge in [-0.15, -0.1) is 0 Å². The van der Waals surface area contributed by atoms with Gasteiger partial charge in [-0.25, -0.2) is 4.39 Å². The van der Waals surface area contributed by atoms with Crippen molar-refractivity contribution in [3.05, 3.63) is 34.1 Å². The van der Waals surface area contributed by atoms with Crippen LogP contribution in [0.2, 0.25) is 0 Å². The standard InChI is InChI=1S/C15H24BrFN2/c1-10(2)15(18)7-8-19(4)11(3)13-6-5-12(17)9-14(13)16/h5-6,9-11,15H,7-8,18H2,1-4H3. The molecule has 19 heavy (non-hydrogen) atoms. The fourth-order valence-electron chi connectivity index (χ4n) is 1.96. The zero-order chi connectivity index (χ0) is 14.6. The lowest BCUT2D eigenvalue weighted by molar-refractivity contribution is 0.242. The minimum Gasteiger partial charge on any atom is -0.327 e. The first-order chi connectivity index (χ1) is 8.82. The molecule has 0 fully saturated rings. The highest BCUT2D eigenvalue weighted by Gasteiger charge is 2.16. The van der Waals surface area contributed by atoms with Crippen LogP contribution in [0.3, 0.4) is 0 Å². The highest BCUT2D eigenvalue weighted by atomic mass is 79.9. The van der Waals surface area contributed by atoms with Gasteiger partial charge in [0.05, 0.1) is 0 Å². The molecule has 0 saturated heterocycles. The van der Waals surface area contributed by atoms with Crippen molar-refractivity contribution in [1.29, 1.82) is 0 Å². The molecule has 0 radical (unpaired) electrons. The van der Waals surface area contributed by atoms with Crippen LogP contribution in [-0.2, 0) is 0 Å². The Hall–Kier alpha value is -0.450. The van der Waals surface area contributed by atoms with Gasteiger partial charge in [0, 0.05) is 16.6 Å². The maximum atomic E-state index is 13.1. The molecule has 0 aliphatic heterocycles. The summed E-state index contributed by atoms with van der Waals surface area (Å²) >= 11 is 3.43. The number of benzene rings is 1. The molecule has 0 saturated carbocycles. The molecule has 2 atom stereocenters. The number of rotatable bonds is 6. The topological polar surface area (TPSA) is 29.3 Å². The van der Waals surface area contributed by atoms with Crippen molar-refractivity contribution in [3.8, 4) is 0 Å². The van der Waals surface area contributed by atoms with Crippen LogP contribution in [0.15, 0.2) is 22.7 Å². The van der Waals surface area contributed by atoms with Crippen LogP contribution in [0.1, 0.15) is 38.8 Å². The third-order valence-electron chi connectivity index (χ3n) is 3.75. The van der Waals surface area contributed by atoms with E-state index in [1.165, 1.54) is 12.1 Å². The van der Waals surface area contributed by atoms with Crippen LogP contribution in [0.25, 0.3) is 0 Å². The molecule has 2 unspecified atom stereocenters. The van der Waals surface area contributed by atoms with Crippen LogP contribution >= 0.6 is 15.9 Å². The fraction of sp³-hybridized carbons (Fsp3) is 0.600. The summed E-state index contributed by atoms with van der Waals surface area (Å²) in [6.07, 6.45) is 0.970. The van der Waals surface area contributed by atoms with Gasteiger partial charge in [-0.2, -0.15) is 0 Å². The number of nitrogens with zero attached hydrogens (tertiary/aromatic N) is 1. The minimum absolute atomic E-state index is 0.215. The van der Waals surface area contributed by atoms with E-state index >= 15 is 0 Å². The van der Waals surface area contributed by atoms with Crippen LogP contribution in [0.4, 0.5) is 4.39 Å². The Morgan fingerprint density at radius 3 is 2.47 bits per heavy atom. The van der Waals surface area contributed by atoms with Crippen LogP contribution in [0.5, 0.6) is 0 Å². The highest BCUT2D eigenvalue weighted by molar-refractivity contribution is 9.10. The zero-order valence-corrected chi connectivity index (χ0v) is 13.7. The van der Waals surface area contributed by atoms with Crippen molar-refractivity contribution in [2.75, 3.05) is 13.6 Å². The molecule has 0 heterocycles. The van der Waals surface area contributed by atoms with Crippen LogP contribution < -0.4 is 5.73 Å². The van der Waals surface area contributed by atoms with Crippen molar-refractivity contribution >= 4 is 15.9 Å². The molecule has 1 rings (SSSR count). The van der Waals surface area contributed by atoms with E-state index in [0.29, 0.717) is 5.92 Å². The lowest BCUT2D eigenvalue weighted by Gasteiger charge is -2.27. The van der Waals surface area contributed by atoms with Crippen molar-refractivity contribution in [3.63, 3.8) is 0 Å². The van der Waals surface area contributed by atoms with Gasteiger partial charge in [-0.3, -0.25) is 4.90 Å². The number of hydrogen-bond donors (Lipinski definition) is 1. The largest absolute Gasteiger partial charge is 0.327 e. The van der Waals surface area contributed by atoms with E-state index in [1.807, 2.05) is 6.07 Å². The summed E-state index contributed by atoms with van der Waals surface area (Å²) in [5.74, 6) is 0.286. The molecule has 4 heteroatoms. The summed E-state index contributed by atoms with van der Waals surface area (Å²) in [7, 11) is 2.08. The van der Waals surface area contributed by atoms with E-state index in [9.17, 15) is 4.39 Å². The number of halogens is 2. The molecule has 2 N–H and O–H groups in total. The molecule has 2 nitrogen and oxygen atoms in total. The molecular formula is C15H24BrFN2. The minimum atomic E-state index is -0.215. The van der Waals surface area contributed by atoms with Crippen LogP contribution in [0, 0.1) is 11.7 Å². The molecule has 108 valence electrons. The number of nitrogens with two attached hydrogens (primary N) is 1. The van der Waals surface area contributed by atoms with Crippen molar-refractivity contribution in [1.82, 2.24) is 4.90 Å². The Kier molecular flexibility index (Phi) is 6.43. The molecule has 0 bridgehead atoms. The molecule has 0 amide bonds. The smallest absolute Gasteiger partial charge is 0.124 e. The third kappa shape index (κ3) is 4.86. The second-order valence-corrected chi connectivity index (χ2v) is 6.37. The Bertz CT molecular complexity index is 409. The molecule has 0 aromatic heterocycles.